The summed E-state index contributed by atoms with van der Waals surface area (Å²) in [6, 6.07) is 5.57. The first-order valence-corrected chi connectivity index (χ1v) is 9.01. The van der Waals surface area contributed by atoms with Gasteiger partial charge in [-0.2, -0.15) is 0 Å². The van der Waals surface area contributed by atoms with E-state index < -0.39 is 36.4 Å². The molecule has 0 radical (unpaired) electrons. The smallest absolute Gasteiger partial charge is 0.329 e. The number of nitrogens with one attached hydrogen (secondary N) is 1. The lowest BCUT2D eigenvalue weighted by molar-refractivity contribution is -0.159. The molecule has 1 saturated heterocycles. The molecule has 0 aromatic heterocycles. The Balaban J connectivity index is 1.56. The average molecular weight is 391 g/mol. The highest BCUT2D eigenvalue weighted by Gasteiger charge is 2.50. The number of ether oxygens (including phenoxy) is 1. The second kappa shape index (κ2) is 7.92. The number of fused-ring (bicyclic) bond motifs is 1. The predicted octanol–water partition coefficient (Wildman–Crippen LogP) is 2.16. The van der Waals surface area contributed by atoms with E-state index in [0.717, 1.165) is 4.90 Å². The molecule has 1 aliphatic heterocycles. The van der Waals surface area contributed by atoms with Crippen molar-refractivity contribution in [1.29, 1.82) is 0 Å². The van der Waals surface area contributed by atoms with Crippen LogP contribution in [-0.4, -0.2) is 41.2 Å². The van der Waals surface area contributed by atoms with Crippen molar-refractivity contribution in [3.05, 3.63) is 41.4 Å². The molecule has 1 aromatic rings. The van der Waals surface area contributed by atoms with E-state index in [-0.39, 0.29) is 11.8 Å². The molecule has 7 nitrogen and oxygen atoms in total. The van der Waals surface area contributed by atoms with Crippen molar-refractivity contribution in [2.75, 3.05) is 11.9 Å². The summed E-state index contributed by atoms with van der Waals surface area (Å²) in [5, 5.41) is 2.88. The highest BCUT2D eigenvalue weighted by molar-refractivity contribution is 6.33. The molecule has 0 saturated carbocycles. The minimum Gasteiger partial charge on any atom is -0.454 e. The largest absolute Gasteiger partial charge is 0.454 e. The predicted molar refractivity (Wildman–Crippen MR) is 97.7 cm³/mol. The summed E-state index contributed by atoms with van der Waals surface area (Å²) in [6.45, 7) is 0.883. The topological polar surface area (TPSA) is 92.8 Å². The lowest BCUT2D eigenvalue weighted by Gasteiger charge is -2.21. The normalized spacial score (nSPS) is 22.4. The number of rotatable bonds is 5. The van der Waals surface area contributed by atoms with E-state index >= 15 is 0 Å². The Bertz CT molecular complexity index is 796. The maximum atomic E-state index is 12.5. The van der Waals surface area contributed by atoms with Gasteiger partial charge < -0.3 is 10.1 Å². The minimum atomic E-state index is -1.08. The number of anilines is 1. The summed E-state index contributed by atoms with van der Waals surface area (Å²) < 4.78 is 4.98. The van der Waals surface area contributed by atoms with Crippen LogP contribution in [0.2, 0.25) is 5.02 Å². The maximum Gasteiger partial charge on any atom is 0.329 e. The van der Waals surface area contributed by atoms with Crippen molar-refractivity contribution in [2.24, 2.45) is 11.8 Å². The first kappa shape index (κ1) is 19.1. The molecule has 0 unspecified atom stereocenters. The highest BCUT2D eigenvalue weighted by atomic mass is 35.5. The summed E-state index contributed by atoms with van der Waals surface area (Å²) >= 11 is 5.95. The van der Waals surface area contributed by atoms with Crippen molar-refractivity contribution in [1.82, 2.24) is 4.90 Å². The molecule has 27 heavy (non-hydrogen) atoms. The number of likely N-dealkylation sites (tertiary alicyclic amines) is 1. The lowest BCUT2D eigenvalue weighted by atomic mass is 9.85. The van der Waals surface area contributed by atoms with E-state index in [1.807, 2.05) is 12.2 Å². The lowest BCUT2D eigenvalue weighted by Crippen LogP contribution is -2.45. The van der Waals surface area contributed by atoms with E-state index in [1.165, 1.54) is 6.92 Å². The number of benzene rings is 1. The average Bonchev–Trinajstić information content (AvgIpc) is 2.92. The van der Waals surface area contributed by atoms with Crippen molar-refractivity contribution in [2.45, 2.75) is 25.8 Å². The third kappa shape index (κ3) is 3.88. The highest BCUT2D eigenvalue weighted by Crippen LogP contribution is 2.36. The molecule has 0 spiro atoms. The van der Waals surface area contributed by atoms with Crippen LogP contribution in [-0.2, 0) is 23.9 Å². The molecule has 1 aromatic carbocycles. The first-order chi connectivity index (χ1) is 12.9. The van der Waals surface area contributed by atoms with Gasteiger partial charge in [0.2, 0.25) is 11.8 Å². The maximum absolute atomic E-state index is 12.5. The molecule has 8 heteroatoms. The fraction of sp³-hybridized carbons (Fsp3) is 0.368. The summed E-state index contributed by atoms with van der Waals surface area (Å²) in [4.78, 5) is 50.1. The number of hydrogen-bond acceptors (Lipinski definition) is 5. The van der Waals surface area contributed by atoms with Gasteiger partial charge in [0.05, 0.1) is 22.5 Å². The van der Waals surface area contributed by atoms with Gasteiger partial charge in [0.15, 0.2) is 6.61 Å². The van der Waals surface area contributed by atoms with Crippen LogP contribution in [0, 0.1) is 11.8 Å². The standard InChI is InChI=1S/C19H19ClN2O5/c1-11(22-17(24)12-6-2-3-7-13(12)18(22)25)19(26)27-10-16(23)21-15-9-5-4-8-14(15)20/h2-5,8-9,11-13H,6-7,10H2,1H3,(H,21,23)/t11-,12-,13-/m0/s1. The van der Waals surface area contributed by atoms with Gasteiger partial charge in [0, 0.05) is 0 Å². The number of carbonyl (C=O) groups is 4. The number of amides is 3. The Hall–Kier alpha value is -2.67. The SMILES string of the molecule is C[C@@H](C(=O)OCC(=O)Nc1ccccc1Cl)N1C(=O)[C@H]2CC=CC[C@@H]2C1=O. The third-order valence-corrected chi connectivity index (χ3v) is 5.09. The van der Waals surface area contributed by atoms with Crippen LogP contribution in [0.1, 0.15) is 19.8 Å². The zero-order valence-corrected chi connectivity index (χ0v) is 15.4. The van der Waals surface area contributed by atoms with Crippen molar-refractivity contribution >= 4 is 41.0 Å². The van der Waals surface area contributed by atoms with Gasteiger partial charge in [-0.15, -0.1) is 0 Å². The van der Waals surface area contributed by atoms with Gasteiger partial charge in [-0.3, -0.25) is 19.3 Å². The quantitative estimate of drug-likeness (QED) is 0.472. The van der Waals surface area contributed by atoms with Crippen LogP contribution >= 0.6 is 11.6 Å². The number of imide groups is 1. The van der Waals surface area contributed by atoms with E-state index in [4.69, 9.17) is 16.3 Å². The zero-order valence-electron chi connectivity index (χ0n) is 14.7. The number of para-hydroxylation sites is 1. The molecule has 3 amide bonds. The van der Waals surface area contributed by atoms with E-state index in [0.29, 0.717) is 23.6 Å². The Morgan fingerprint density at radius 1 is 1.19 bits per heavy atom. The summed E-state index contributed by atoms with van der Waals surface area (Å²) in [6.07, 6.45) is 4.73. The molecule has 2 aliphatic rings. The van der Waals surface area contributed by atoms with Crippen LogP contribution in [0.25, 0.3) is 0 Å². The van der Waals surface area contributed by atoms with Crippen molar-refractivity contribution in [3.63, 3.8) is 0 Å². The van der Waals surface area contributed by atoms with Gasteiger partial charge in [0.25, 0.3) is 5.91 Å². The van der Waals surface area contributed by atoms with Crippen LogP contribution in [0.5, 0.6) is 0 Å². The van der Waals surface area contributed by atoms with E-state index in [1.54, 1.807) is 24.3 Å². The summed E-state index contributed by atoms with van der Waals surface area (Å²) in [5.74, 6) is -2.93. The molecule has 0 bridgehead atoms. The van der Waals surface area contributed by atoms with Crippen LogP contribution in [0.4, 0.5) is 5.69 Å². The number of hydrogen-bond donors (Lipinski definition) is 1. The molecule has 1 N–H and O–H groups in total. The Morgan fingerprint density at radius 2 is 1.78 bits per heavy atom. The van der Waals surface area contributed by atoms with E-state index in [9.17, 15) is 19.2 Å². The molecular formula is C19H19ClN2O5. The number of allylic oxidation sites excluding steroid dienone is 2. The third-order valence-electron chi connectivity index (χ3n) is 4.76. The minimum absolute atomic E-state index is 0.356. The summed E-state index contributed by atoms with van der Waals surface area (Å²) in [7, 11) is 0. The second-order valence-electron chi connectivity index (χ2n) is 6.51. The zero-order chi connectivity index (χ0) is 19.6. The number of esters is 1. The van der Waals surface area contributed by atoms with Gasteiger partial charge in [-0.1, -0.05) is 35.9 Å². The molecule has 1 aliphatic carbocycles. The van der Waals surface area contributed by atoms with Crippen LogP contribution < -0.4 is 5.32 Å². The molecule has 1 heterocycles. The molecular weight excluding hydrogens is 372 g/mol. The Kier molecular flexibility index (Phi) is 5.60. The molecule has 142 valence electrons. The monoisotopic (exact) mass is 390 g/mol. The molecule has 3 rings (SSSR count). The molecule has 3 atom stereocenters. The number of halogens is 1. The van der Waals surface area contributed by atoms with Gasteiger partial charge >= 0.3 is 5.97 Å². The van der Waals surface area contributed by atoms with Crippen LogP contribution in [0.3, 0.4) is 0 Å². The van der Waals surface area contributed by atoms with Crippen LogP contribution in [0.15, 0.2) is 36.4 Å². The Morgan fingerprint density at radius 3 is 2.37 bits per heavy atom. The van der Waals surface area contributed by atoms with Gasteiger partial charge in [0.1, 0.15) is 6.04 Å². The van der Waals surface area contributed by atoms with Gasteiger partial charge in [-0.05, 0) is 31.9 Å². The Labute approximate surface area is 161 Å². The number of nitrogens with zero attached hydrogens (tertiary/aromatic N) is 1. The molecule has 1 fully saturated rings. The fourth-order valence-corrected chi connectivity index (χ4v) is 3.50. The van der Waals surface area contributed by atoms with E-state index in [2.05, 4.69) is 5.32 Å². The first-order valence-electron chi connectivity index (χ1n) is 8.63. The summed E-state index contributed by atoms with van der Waals surface area (Å²) in [5.41, 5.74) is 0.398. The van der Waals surface area contributed by atoms with Crippen molar-refractivity contribution < 1.29 is 23.9 Å². The van der Waals surface area contributed by atoms with Gasteiger partial charge in [-0.25, -0.2) is 4.79 Å². The van der Waals surface area contributed by atoms with Crippen molar-refractivity contribution in [3.8, 4) is 0 Å². The number of carbonyl (C=O) groups excluding carboxylic acids is 4. The second-order valence-corrected chi connectivity index (χ2v) is 6.92. The fourth-order valence-electron chi connectivity index (χ4n) is 3.32.